The van der Waals surface area contributed by atoms with Crippen molar-refractivity contribution in [2.24, 2.45) is 0 Å². The maximum atomic E-state index is 5.57. The molecule has 2 rings (SSSR count). The molecule has 0 unspecified atom stereocenters. The van der Waals surface area contributed by atoms with Crippen LogP contribution in [0.15, 0.2) is 24.3 Å². The van der Waals surface area contributed by atoms with Gasteiger partial charge in [0.1, 0.15) is 5.75 Å². The maximum Gasteiger partial charge on any atom is 0.126 e. The van der Waals surface area contributed by atoms with E-state index < -0.39 is 0 Å². The number of rotatable bonds is 3. The van der Waals surface area contributed by atoms with Gasteiger partial charge in [-0.25, -0.2) is 0 Å². The third-order valence-corrected chi connectivity index (χ3v) is 3.52. The molecule has 0 saturated heterocycles. The van der Waals surface area contributed by atoms with Crippen molar-refractivity contribution in [3.63, 3.8) is 0 Å². The van der Waals surface area contributed by atoms with Gasteiger partial charge in [-0.3, -0.25) is 0 Å². The zero-order valence-electron chi connectivity index (χ0n) is 11.6. The minimum absolute atomic E-state index is 0.540. The molecule has 1 N–H and O–H groups in total. The molecule has 0 amide bonds. The molecule has 1 aliphatic heterocycles. The predicted octanol–water partition coefficient (Wildman–Crippen LogP) is 3.59. The van der Waals surface area contributed by atoms with E-state index in [2.05, 4.69) is 43.4 Å². The van der Waals surface area contributed by atoms with E-state index in [0.29, 0.717) is 5.92 Å². The fourth-order valence-electron chi connectivity index (χ4n) is 2.38. The third kappa shape index (κ3) is 2.94. The molecule has 0 aliphatic carbocycles. The number of methoxy groups -OCH3 is 1. The van der Waals surface area contributed by atoms with E-state index >= 15 is 0 Å². The minimum atomic E-state index is 0.540. The first kappa shape index (κ1) is 13.2. The zero-order chi connectivity index (χ0) is 13.0. The summed E-state index contributed by atoms with van der Waals surface area (Å²) in [6.45, 7) is 6.56. The van der Waals surface area contributed by atoms with E-state index in [0.717, 1.165) is 31.7 Å². The summed E-state index contributed by atoms with van der Waals surface area (Å²) in [6.07, 6.45) is 4.52. The van der Waals surface area contributed by atoms with E-state index in [1.807, 2.05) is 0 Å². The number of nitrogens with one attached hydrogen (secondary N) is 1. The second kappa shape index (κ2) is 6.05. The first-order chi connectivity index (χ1) is 8.72. The highest BCUT2D eigenvalue weighted by Gasteiger charge is 2.12. The highest BCUT2D eigenvalue weighted by atomic mass is 16.5. The molecule has 0 aromatic heterocycles. The average Bonchev–Trinajstić information content (AvgIpc) is 2.66. The molecule has 0 bridgehead atoms. The Balaban J connectivity index is 2.34. The van der Waals surface area contributed by atoms with Gasteiger partial charge in [0.15, 0.2) is 0 Å². The molecule has 1 aliphatic rings. The second-order valence-electron chi connectivity index (χ2n) is 5.13. The highest BCUT2D eigenvalue weighted by molar-refractivity contribution is 5.71. The van der Waals surface area contributed by atoms with Crippen molar-refractivity contribution in [3.05, 3.63) is 35.4 Å². The summed E-state index contributed by atoms with van der Waals surface area (Å²) in [5, 5.41) is 3.42. The largest absolute Gasteiger partial charge is 0.496 e. The van der Waals surface area contributed by atoms with Crippen molar-refractivity contribution in [1.29, 1.82) is 0 Å². The van der Waals surface area contributed by atoms with E-state index in [1.165, 1.54) is 16.7 Å². The summed E-state index contributed by atoms with van der Waals surface area (Å²) in [5.41, 5.74) is 4.00. The van der Waals surface area contributed by atoms with Crippen LogP contribution in [0.4, 0.5) is 0 Å². The summed E-state index contributed by atoms with van der Waals surface area (Å²) in [4.78, 5) is 0. The summed E-state index contributed by atoms with van der Waals surface area (Å²) in [5.74, 6) is 1.55. The summed E-state index contributed by atoms with van der Waals surface area (Å²) in [7, 11) is 1.76. The molecule has 0 fully saturated rings. The Labute approximate surface area is 110 Å². The molecule has 1 aromatic carbocycles. The quantitative estimate of drug-likeness (QED) is 0.878. The lowest BCUT2D eigenvalue weighted by molar-refractivity contribution is 0.412. The molecule has 1 heterocycles. The Morgan fingerprint density at radius 2 is 2.06 bits per heavy atom. The van der Waals surface area contributed by atoms with Crippen molar-refractivity contribution in [2.75, 3.05) is 20.2 Å². The van der Waals surface area contributed by atoms with Gasteiger partial charge in [0, 0.05) is 5.56 Å². The molecule has 18 heavy (non-hydrogen) atoms. The van der Waals surface area contributed by atoms with Crippen molar-refractivity contribution in [1.82, 2.24) is 5.32 Å². The van der Waals surface area contributed by atoms with Gasteiger partial charge in [-0.2, -0.15) is 0 Å². The molecule has 0 atom stereocenters. The Hall–Kier alpha value is -1.28. The first-order valence-corrected chi connectivity index (χ1v) is 6.80. The monoisotopic (exact) mass is 245 g/mol. The molecular weight excluding hydrogens is 222 g/mol. The summed E-state index contributed by atoms with van der Waals surface area (Å²) >= 11 is 0. The number of ether oxygens (including phenoxy) is 1. The zero-order valence-corrected chi connectivity index (χ0v) is 11.6. The van der Waals surface area contributed by atoms with Gasteiger partial charge in [0.25, 0.3) is 0 Å². The van der Waals surface area contributed by atoms with E-state index in [9.17, 15) is 0 Å². The minimum Gasteiger partial charge on any atom is -0.496 e. The van der Waals surface area contributed by atoms with Crippen LogP contribution in [0.25, 0.3) is 5.57 Å². The van der Waals surface area contributed by atoms with Gasteiger partial charge in [0.2, 0.25) is 0 Å². The first-order valence-electron chi connectivity index (χ1n) is 6.80. The molecular formula is C16H23NO. The van der Waals surface area contributed by atoms with E-state index in [-0.39, 0.29) is 0 Å². The molecule has 0 radical (unpaired) electrons. The van der Waals surface area contributed by atoms with E-state index in [4.69, 9.17) is 4.74 Å². The second-order valence-corrected chi connectivity index (χ2v) is 5.13. The molecule has 0 saturated carbocycles. The Morgan fingerprint density at radius 3 is 2.78 bits per heavy atom. The average molecular weight is 245 g/mol. The summed E-state index contributed by atoms with van der Waals surface area (Å²) < 4.78 is 5.57. The van der Waals surface area contributed by atoms with Crippen LogP contribution in [0, 0.1) is 0 Å². The van der Waals surface area contributed by atoms with E-state index in [1.54, 1.807) is 7.11 Å². The van der Waals surface area contributed by atoms with Crippen molar-refractivity contribution < 1.29 is 4.74 Å². The Kier molecular flexibility index (Phi) is 4.43. The SMILES string of the molecule is COc1cc(C(C)C)ccc1C1=CCCNCC1. The standard InChI is InChI=1S/C16H23NO/c1-12(2)14-6-7-15(16(11-14)18-3)13-5-4-9-17-10-8-13/h5-7,11-12,17H,4,8-10H2,1-3H3. The number of hydrogen-bond acceptors (Lipinski definition) is 2. The lowest BCUT2D eigenvalue weighted by Crippen LogP contribution is -2.13. The number of benzene rings is 1. The molecule has 2 heteroatoms. The normalized spacial score (nSPS) is 16.3. The fourth-order valence-corrected chi connectivity index (χ4v) is 2.38. The van der Waals surface area contributed by atoms with Crippen molar-refractivity contribution >= 4 is 5.57 Å². The van der Waals surface area contributed by atoms with Gasteiger partial charge in [-0.15, -0.1) is 0 Å². The van der Waals surface area contributed by atoms with Gasteiger partial charge in [-0.1, -0.05) is 32.1 Å². The van der Waals surface area contributed by atoms with Crippen LogP contribution in [-0.2, 0) is 0 Å². The predicted molar refractivity (Wildman–Crippen MR) is 77.2 cm³/mol. The van der Waals surface area contributed by atoms with Crippen molar-refractivity contribution in [2.45, 2.75) is 32.6 Å². The lowest BCUT2D eigenvalue weighted by Gasteiger charge is -2.14. The molecule has 1 aromatic rings. The number of hydrogen-bond donors (Lipinski definition) is 1. The van der Waals surface area contributed by atoms with Crippen LogP contribution < -0.4 is 10.1 Å². The molecule has 2 nitrogen and oxygen atoms in total. The van der Waals surface area contributed by atoms with Gasteiger partial charge in [-0.05, 0) is 49.1 Å². The van der Waals surface area contributed by atoms with Crippen LogP contribution in [0.5, 0.6) is 5.75 Å². The topological polar surface area (TPSA) is 21.3 Å². The smallest absolute Gasteiger partial charge is 0.126 e. The lowest BCUT2D eigenvalue weighted by atomic mass is 9.96. The van der Waals surface area contributed by atoms with Crippen LogP contribution in [-0.4, -0.2) is 20.2 Å². The van der Waals surface area contributed by atoms with Crippen LogP contribution in [0.3, 0.4) is 0 Å². The van der Waals surface area contributed by atoms with Gasteiger partial charge in [0.05, 0.1) is 7.11 Å². The highest BCUT2D eigenvalue weighted by Crippen LogP contribution is 2.32. The molecule has 0 spiro atoms. The Morgan fingerprint density at radius 1 is 1.22 bits per heavy atom. The summed E-state index contributed by atoms with van der Waals surface area (Å²) in [6, 6.07) is 6.62. The van der Waals surface area contributed by atoms with Gasteiger partial charge >= 0.3 is 0 Å². The van der Waals surface area contributed by atoms with Crippen molar-refractivity contribution in [3.8, 4) is 5.75 Å². The van der Waals surface area contributed by atoms with Gasteiger partial charge < -0.3 is 10.1 Å². The van der Waals surface area contributed by atoms with Crippen LogP contribution in [0.1, 0.15) is 43.7 Å². The van der Waals surface area contributed by atoms with Crippen LogP contribution >= 0.6 is 0 Å². The fraction of sp³-hybridized carbons (Fsp3) is 0.500. The molecule has 98 valence electrons. The van der Waals surface area contributed by atoms with Crippen LogP contribution in [0.2, 0.25) is 0 Å². The Bertz CT molecular complexity index is 435. The maximum absolute atomic E-state index is 5.57. The third-order valence-electron chi connectivity index (χ3n) is 3.52.